The zero-order valence-corrected chi connectivity index (χ0v) is 17.8. The predicted octanol–water partition coefficient (Wildman–Crippen LogP) is 4.21. The third-order valence-electron chi connectivity index (χ3n) is 6.02. The summed E-state index contributed by atoms with van der Waals surface area (Å²) >= 11 is 0. The summed E-state index contributed by atoms with van der Waals surface area (Å²) < 4.78 is 83.8. The van der Waals surface area contributed by atoms with Crippen molar-refractivity contribution < 1.29 is 31.1 Å². The number of fused-ring (bicyclic) bond motifs is 8. The van der Waals surface area contributed by atoms with Crippen LogP contribution in [0, 0.1) is 17.5 Å². The molecule has 2 bridgehead atoms. The van der Waals surface area contributed by atoms with E-state index in [4.69, 9.17) is 0 Å². The van der Waals surface area contributed by atoms with E-state index in [1.165, 1.54) is 17.0 Å². The standard InChI is InChI=1S/C23H16F6N4O2/c24-14-1-2-17-12(21(14)26)9-30-6-5-16-18(3-4-20(34)31-16)33-10-32(17)19-8-15(25)13(23(27,28)29)7-11(19)22(33)35/h1-4,7-8,30H,5-6,9-10H2,(H,31,34). The Kier molecular flexibility index (Phi) is 5.35. The van der Waals surface area contributed by atoms with Gasteiger partial charge in [-0.1, -0.05) is 0 Å². The average molecular weight is 494 g/mol. The molecular formula is C23H16F6N4O2. The highest BCUT2D eigenvalue weighted by Gasteiger charge is 2.40. The Bertz CT molecular complexity index is 1420. The molecule has 0 fully saturated rings. The van der Waals surface area contributed by atoms with Crippen LogP contribution < -0.4 is 20.7 Å². The van der Waals surface area contributed by atoms with Crippen LogP contribution in [0.15, 0.2) is 41.2 Å². The number of H-pyrrole nitrogens is 1. The fourth-order valence-electron chi connectivity index (χ4n) is 4.38. The molecule has 2 N–H and O–H groups in total. The third-order valence-corrected chi connectivity index (χ3v) is 6.02. The number of carbonyl (C=O) groups excluding carboxylic acids is 1. The minimum atomic E-state index is -5.07. The molecule has 0 saturated heterocycles. The number of anilines is 3. The van der Waals surface area contributed by atoms with Crippen LogP contribution in [0.2, 0.25) is 0 Å². The Balaban J connectivity index is 1.81. The lowest BCUT2D eigenvalue weighted by Crippen LogP contribution is -2.46. The first-order valence-electron chi connectivity index (χ1n) is 10.5. The lowest BCUT2D eigenvalue weighted by atomic mass is 10.0. The van der Waals surface area contributed by atoms with Gasteiger partial charge >= 0.3 is 6.18 Å². The number of aromatic nitrogens is 1. The van der Waals surface area contributed by atoms with Crippen LogP contribution in [0.25, 0.3) is 0 Å². The Hall–Kier alpha value is -3.80. The minimum Gasteiger partial charge on any atom is -0.324 e. The molecule has 3 heterocycles. The molecule has 0 atom stereocenters. The van der Waals surface area contributed by atoms with Gasteiger partial charge in [0.2, 0.25) is 5.56 Å². The molecule has 0 unspecified atom stereocenters. The number of halogens is 6. The number of amides is 1. The average Bonchev–Trinajstić information content (AvgIpc) is 2.81. The lowest BCUT2D eigenvalue weighted by molar-refractivity contribution is -0.140. The first-order valence-corrected chi connectivity index (χ1v) is 10.5. The van der Waals surface area contributed by atoms with Crippen LogP contribution in [0.3, 0.4) is 0 Å². The van der Waals surface area contributed by atoms with Crippen LogP contribution >= 0.6 is 0 Å². The molecule has 3 aromatic rings. The largest absolute Gasteiger partial charge is 0.419 e. The molecule has 182 valence electrons. The van der Waals surface area contributed by atoms with E-state index in [-0.39, 0.29) is 48.8 Å². The summed E-state index contributed by atoms with van der Waals surface area (Å²) in [7, 11) is 0. The van der Waals surface area contributed by atoms with E-state index in [2.05, 4.69) is 10.3 Å². The summed E-state index contributed by atoms with van der Waals surface area (Å²) in [5.41, 5.74) is -2.37. The number of rotatable bonds is 0. The number of nitrogens with one attached hydrogen (secondary N) is 2. The molecule has 12 heteroatoms. The smallest absolute Gasteiger partial charge is 0.324 e. The van der Waals surface area contributed by atoms with Gasteiger partial charge in [0.05, 0.1) is 28.2 Å². The van der Waals surface area contributed by atoms with Crippen molar-refractivity contribution in [2.75, 3.05) is 23.0 Å². The maximum Gasteiger partial charge on any atom is 0.419 e. The Morgan fingerprint density at radius 3 is 2.34 bits per heavy atom. The molecule has 1 amide bonds. The molecule has 1 aromatic heterocycles. The second kappa shape index (κ2) is 8.15. The monoisotopic (exact) mass is 494 g/mol. The molecule has 35 heavy (non-hydrogen) atoms. The highest BCUT2D eigenvalue weighted by atomic mass is 19.4. The molecule has 2 aliphatic rings. The quantitative estimate of drug-likeness (QED) is 0.460. The fourth-order valence-corrected chi connectivity index (χ4v) is 4.38. The molecule has 0 saturated carbocycles. The van der Waals surface area contributed by atoms with Crippen molar-refractivity contribution in [3.8, 4) is 0 Å². The minimum absolute atomic E-state index is 0.0437. The van der Waals surface area contributed by atoms with Crippen molar-refractivity contribution in [2.45, 2.75) is 19.1 Å². The van der Waals surface area contributed by atoms with E-state index in [1.54, 1.807) is 0 Å². The second-order valence-electron chi connectivity index (χ2n) is 8.12. The van der Waals surface area contributed by atoms with Crippen molar-refractivity contribution in [1.29, 1.82) is 0 Å². The highest BCUT2D eigenvalue weighted by Crippen LogP contribution is 2.42. The number of aromatic amines is 1. The summed E-state index contributed by atoms with van der Waals surface area (Å²) in [5, 5.41) is 2.94. The van der Waals surface area contributed by atoms with E-state index >= 15 is 0 Å². The van der Waals surface area contributed by atoms with Gasteiger partial charge in [-0.3, -0.25) is 14.5 Å². The Morgan fingerprint density at radius 2 is 1.60 bits per heavy atom. The van der Waals surface area contributed by atoms with Gasteiger partial charge < -0.3 is 15.2 Å². The van der Waals surface area contributed by atoms with Crippen molar-refractivity contribution >= 4 is 23.0 Å². The normalized spacial score (nSPS) is 15.8. The summed E-state index contributed by atoms with van der Waals surface area (Å²) in [5.74, 6) is -4.81. The lowest BCUT2D eigenvalue weighted by Gasteiger charge is -2.39. The van der Waals surface area contributed by atoms with Gasteiger partial charge in [0.15, 0.2) is 11.6 Å². The van der Waals surface area contributed by atoms with Crippen molar-refractivity contribution in [3.05, 3.63) is 86.6 Å². The number of hydrogen-bond donors (Lipinski definition) is 2. The van der Waals surface area contributed by atoms with E-state index in [1.807, 2.05) is 0 Å². The zero-order valence-electron chi connectivity index (χ0n) is 17.8. The summed E-state index contributed by atoms with van der Waals surface area (Å²) in [6.07, 6.45) is -4.90. The molecule has 0 spiro atoms. The van der Waals surface area contributed by atoms with Crippen LogP contribution in [0.4, 0.5) is 43.4 Å². The van der Waals surface area contributed by atoms with Crippen molar-refractivity contribution in [1.82, 2.24) is 10.3 Å². The van der Waals surface area contributed by atoms with Gasteiger partial charge in [-0.15, -0.1) is 0 Å². The Labute approximate surface area is 193 Å². The predicted molar refractivity (Wildman–Crippen MR) is 114 cm³/mol. The second-order valence-corrected chi connectivity index (χ2v) is 8.12. The maximum absolute atomic E-state index is 14.8. The summed E-state index contributed by atoms with van der Waals surface area (Å²) in [6.45, 7) is -0.327. The molecule has 6 nitrogen and oxygen atoms in total. The summed E-state index contributed by atoms with van der Waals surface area (Å²) in [4.78, 5) is 30.3. The molecule has 2 aliphatic heterocycles. The van der Waals surface area contributed by atoms with E-state index in [0.29, 0.717) is 17.8 Å². The topological polar surface area (TPSA) is 68.4 Å². The summed E-state index contributed by atoms with van der Waals surface area (Å²) in [6, 6.07) is 5.56. The highest BCUT2D eigenvalue weighted by molar-refractivity contribution is 6.13. The Morgan fingerprint density at radius 1 is 0.857 bits per heavy atom. The molecule has 2 aromatic carbocycles. The van der Waals surface area contributed by atoms with Crippen molar-refractivity contribution in [2.24, 2.45) is 0 Å². The molecule has 0 radical (unpaired) electrons. The molecular weight excluding hydrogens is 478 g/mol. The number of pyridine rings is 1. The third kappa shape index (κ3) is 3.83. The zero-order chi connectivity index (χ0) is 25.1. The van der Waals surface area contributed by atoms with Gasteiger partial charge in [0.25, 0.3) is 5.91 Å². The maximum atomic E-state index is 14.8. The van der Waals surface area contributed by atoms with Gasteiger partial charge in [-0.05, 0) is 30.3 Å². The first-order chi connectivity index (χ1) is 16.6. The van der Waals surface area contributed by atoms with Gasteiger partial charge in [0, 0.05) is 36.8 Å². The van der Waals surface area contributed by atoms with Gasteiger partial charge in [-0.25, -0.2) is 13.2 Å². The van der Waals surface area contributed by atoms with E-state index < -0.39 is 46.2 Å². The van der Waals surface area contributed by atoms with Crippen LogP contribution in [0.5, 0.6) is 0 Å². The molecule has 5 rings (SSSR count). The number of alkyl halides is 3. The first kappa shape index (κ1) is 23.0. The fraction of sp³-hybridized carbons (Fsp3) is 0.217. The number of carbonyl (C=O) groups is 1. The van der Waals surface area contributed by atoms with Gasteiger partial charge in [-0.2, -0.15) is 13.2 Å². The van der Waals surface area contributed by atoms with Gasteiger partial charge in [0.1, 0.15) is 12.5 Å². The SMILES string of the molecule is O=C1c2cc(C(F)(F)F)c(F)cc2N2CN1c1ccc(=O)[nH]c1CCNCc1c2ccc(F)c1F. The van der Waals surface area contributed by atoms with Crippen LogP contribution in [0.1, 0.15) is 27.2 Å². The van der Waals surface area contributed by atoms with E-state index in [9.17, 15) is 35.9 Å². The molecule has 0 aliphatic carbocycles. The number of nitrogens with zero attached hydrogens (tertiary/aromatic N) is 2. The van der Waals surface area contributed by atoms with Crippen molar-refractivity contribution in [3.63, 3.8) is 0 Å². The van der Waals surface area contributed by atoms with E-state index in [0.717, 1.165) is 17.0 Å². The van der Waals surface area contributed by atoms with Crippen LogP contribution in [-0.2, 0) is 19.1 Å². The number of benzene rings is 2. The number of hydrogen-bond acceptors (Lipinski definition) is 4. The van der Waals surface area contributed by atoms with Crippen LogP contribution in [-0.4, -0.2) is 24.1 Å².